The summed E-state index contributed by atoms with van der Waals surface area (Å²) >= 11 is 0. The lowest BCUT2D eigenvalue weighted by Crippen LogP contribution is -2.09. The van der Waals surface area contributed by atoms with Gasteiger partial charge in [-0.25, -0.2) is 0 Å². The van der Waals surface area contributed by atoms with Gasteiger partial charge in [0.2, 0.25) is 5.91 Å². The fraction of sp³-hybridized carbons (Fsp3) is 0.312. The van der Waals surface area contributed by atoms with Gasteiger partial charge in [0.25, 0.3) is 0 Å². The molecule has 0 saturated carbocycles. The third-order valence-electron chi connectivity index (χ3n) is 2.63. The lowest BCUT2D eigenvalue weighted by atomic mass is 10.2. The van der Waals surface area contributed by atoms with Crippen molar-refractivity contribution in [3.63, 3.8) is 0 Å². The van der Waals surface area contributed by atoms with Crippen molar-refractivity contribution in [2.75, 3.05) is 0 Å². The van der Waals surface area contributed by atoms with Crippen LogP contribution in [0.15, 0.2) is 54.8 Å². The SMILES string of the molecule is C=CCCCC(=CCC(N)=O)OCc1ccccc1. The summed E-state index contributed by atoms with van der Waals surface area (Å²) in [6.45, 7) is 4.20. The maximum atomic E-state index is 10.8. The molecule has 19 heavy (non-hydrogen) atoms. The fourth-order valence-corrected chi connectivity index (χ4v) is 1.62. The average molecular weight is 259 g/mol. The summed E-state index contributed by atoms with van der Waals surface area (Å²) < 4.78 is 5.74. The lowest BCUT2D eigenvalue weighted by molar-refractivity contribution is -0.117. The Balaban J connectivity index is 2.50. The summed E-state index contributed by atoms with van der Waals surface area (Å²) in [5.74, 6) is 0.481. The summed E-state index contributed by atoms with van der Waals surface area (Å²) in [5.41, 5.74) is 6.26. The van der Waals surface area contributed by atoms with Crippen molar-refractivity contribution in [3.05, 3.63) is 60.4 Å². The van der Waals surface area contributed by atoms with E-state index in [1.54, 1.807) is 6.08 Å². The highest BCUT2D eigenvalue weighted by Gasteiger charge is 2.01. The Labute approximate surface area is 114 Å². The number of hydrogen-bond donors (Lipinski definition) is 1. The Morgan fingerprint density at radius 2 is 2.05 bits per heavy atom. The first-order chi connectivity index (χ1) is 9.22. The number of primary amides is 1. The Kier molecular flexibility index (Phi) is 7.10. The molecule has 0 aliphatic carbocycles. The van der Waals surface area contributed by atoms with Gasteiger partial charge in [-0.3, -0.25) is 4.79 Å². The van der Waals surface area contributed by atoms with E-state index in [2.05, 4.69) is 6.58 Å². The molecule has 1 amide bonds. The number of unbranched alkanes of at least 4 members (excludes halogenated alkanes) is 1. The molecule has 0 radical (unpaired) electrons. The molecule has 0 aliphatic heterocycles. The molecule has 2 N–H and O–H groups in total. The zero-order valence-corrected chi connectivity index (χ0v) is 11.2. The number of carbonyl (C=O) groups is 1. The maximum absolute atomic E-state index is 10.8. The van der Waals surface area contributed by atoms with Crippen LogP contribution in [-0.2, 0) is 16.1 Å². The number of ether oxygens (including phenoxy) is 1. The molecular weight excluding hydrogens is 238 g/mol. The van der Waals surface area contributed by atoms with Gasteiger partial charge >= 0.3 is 0 Å². The minimum atomic E-state index is -0.343. The van der Waals surface area contributed by atoms with Crippen LogP contribution in [0.2, 0.25) is 0 Å². The predicted octanol–water partition coefficient (Wildman–Crippen LogP) is 3.32. The number of hydrogen-bond acceptors (Lipinski definition) is 2. The van der Waals surface area contributed by atoms with Crippen molar-refractivity contribution < 1.29 is 9.53 Å². The van der Waals surface area contributed by atoms with Gasteiger partial charge in [-0.1, -0.05) is 36.4 Å². The highest BCUT2D eigenvalue weighted by Crippen LogP contribution is 2.13. The predicted molar refractivity (Wildman–Crippen MR) is 77.2 cm³/mol. The molecular formula is C16H21NO2. The zero-order chi connectivity index (χ0) is 13.9. The van der Waals surface area contributed by atoms with Crippen LogP contribution in [-0.4, -0.2) is 5.91 Å². The van der Waals surface area contributed by atoms with Crippen molar-refractivity contribution >= 4 is 5.91 Å². The van der Waals surface area contributed by atoms with Crippen LogP contribution < -0.4 is 5.73 Å². The van der Waals surface area contributed by atoms with E-state index < -0.39 is 0 Å². The van der Waals surface area contributed by atoms with Crippen LogP contribution in [0.3, 0.4) is 0 Å². The topological polar surface area (TPSA) is 52.3 Å². The molecule has 0 unspecified atom stereocenters. The molecule has 3 nitrogen and oxygen atoms in total. The molecule has 0 aromatic heterocycles. The second kappa shape index (κ2) is 8.97. The summed E-state index contributed by atoms with van der Waals surface area (Å²) in [6.07, 6.45) is 6.56. The average Bonchev–Trinajstić information content (AvgIpc) is 2.42. The first-order valence-electron chi connectivity index (χ1n) is 6.47. The molecule has 3 heteroatoms. The van der Waals surface area contributed by atoms with Gasteiger partial charge in [0.1, 0.15) is 6.61 Å². The Bertz CT molecular complexity index is 424. The normalized spacial score (nSPS) is 11.1. The Morgan fingerprint density at radius 1 is 1.32 bits per heavy atom. The molecule has 1 aromatic rings. The molecule has 1 aromatic carbocycles. The summed E-state index contributed by atoms with van der Waals surface area (Å²) in [4.78, 5) is 10.8. The number of carbonyl (C=O) groups excluding carboxylic acids is 1. The first kappa shape index (κ1) is 15.0. The second-order valence-electron chi connectivity index (χ2n) is 4.30. The van der Waals surface area contributed by atoms with Gasteiger partial charge in [-0.15, -0.1) is 6.58 Å². The minimum Gasteiger partial charge on any atom is -0.494 e. The Hall–Kier alpha value is -2.03. The van der Waals surface area contributed by atoms with E-state index in [9.17, 15) is 4.79 Å². The molecule has 0 heterocycles. The largest absolute Gasteiger partial charge is 0.494 e. The summed E-state index contributed by atoms with van der Waals surface area (Å²) in [7, 11) is 0. The van der Waals surface area contributed by atoms with Crippen LogP contribution in [0, 0.1) is 0 Å². The van der Waals surface area contributed by atoms with E-state index in [1.807, 2.05) is 36.4 Å². The van der Waals surface area contributed by atoms with Crippen LogP contribution in [0.5, 0.6) is 0 Å². The number of allylic oxidation sites excluding steroid dienone is 2. The fourth-order valence-electron chi connectivity index (χ4n) is 1.62. The summed E-state index contributed by atoms with van der Waals surface area (Å²) in [5, 5.41) is 0. The molecule has 1 rings (SSSR count). The molecule has 102 valence electrons. The van der Waals surface area contributed by atoms with E-state index in [0.29, 0.717) is 6.61 Å². The lowest BCUT2D eigenvalue weighted by Gasteiger charge is -2.10. The van der Waals surface area contributed by atoms with Gasteiger partial charge in [0.15, 0.2) is 0 Å². The number of amides is 1. The highest BCUT2D eigenvalue weighted by molar-refractivity contribution is 5.75. The molecule has 0 atom stereocenters. The van der Waals surface area contributed by atoms with Crippen LogP contribution in [0.1, 0.15) is 31.2 Å². The van der Waals surface area contributed by atoms with Crippen LogP contribution >= 0.6 is 0 Å². The van der Waals surface area contributed by atoms with E-state index >= 15 is 0 Å². The van der Waals surface area contributed by atoms with Crippen molar-refractivity contribution in [2.45, 2.75) is 32.3 Å². The monoisotopic (exact) mass is 259 g/mol. The van der Waals surface area contributed by atoms with Gasteiger partial charge in [0, 0.05) is 12.8 Å². The van der Waals surface area contributed by atoms with E-state index in [4.69, 9.17) is 10.5 Å². The molecule has 0 aliphatic rings. The summed E-state index contributed by atoms with van der Waals surface area (Å²) in [6, 6.07) is 9.94. The molecule has 0 fully saturated rings. The molecule has 0 bridgehead atoms. The maximum Gasteiger partial charge on any atom is 0.221 e. The number of benzene rings is 1. The number of nitrogens with two attached hydrogens (primary N) is 1. The molecule has 0 saturated heterocycles. The molecule has 0 spiro atoms. The van der Waals surface area contributed by atoms with Gasteiger partial charge in [0.05, 0.1) is 5.76 Å². The first-order valence-corrected chi connectivity index (χ1v) is 6.47. The third kappa shape index (κ3) is 7.09. The highest BCUT2D eigenvalue weighted by atomic mass is 16.5. The minimum absolute atomic E-state index is 0.220. The standard InChI is InChI=1S/C16H21NO2/c1-2-3-5-10-15(11-12-16(17)18)19-13-14-8-6-4-7-9-14/h2,4,6-9,11H,1,3,5,10,12-13H2,(H2,17,18). The van der Waals surface area contributed by atoms with Gasteiger partial charge < -0.3 is 10.5 Å². The van der Waals surface area contributed by atoms with Crippen molar-refractivity contribution in [1.82, 2.24) is 0 Å². The quantitative estimate of drug-likeness (QED) is 0.420. The van der Waals surface area contributed by atoms with Crippen molar-refractivity contribution in [2.24, 2.45) is 5.73 Å². The smallest absolute Gasteiger partial charge is 0.221 e. The van der Waals surface area contributed by atoms with E-state index in [0.717, 1.165) is 30.6 Å². The van der Waals surface area contributed by atoms with Crippen LogP contribution in [0.25, 0.3) is 0 Å². The number of rotatable bonds is 9. The van der Waals surface area contributed by atoms with E-state index in [-0.39, 0.29) is 12.3 Å². The van der Waals surface area contributed by atoms with Gasteiger partial charge in [-0.05, 0) is 24.5 Å². The second-order valence-corrected chi connectivity index (χ2v) is 4.30. The van der Waals surface area contributed by atoms with Gasteiger partial charge in [-0.2, -0.15) is 0 Å². The van der Waals surface area contributed by atoms with Crippen molar-refractivity contribution in [3.8, 4) is 0 Å². The van der Waals surface area contributed by atoms with Crippen LogP contribution in [0.4, 0.5) is 0 Å². The van der Waals surface area contributed by atoms with Crippen molar-refractivity contribution in [1.29, 1.82) is 0 Å². The Morgan fingerprint density at radius 3 is 2.68 bits per heavy atom. The third-order valence-corrected chi connectivity index (χ3v) is 2.63. The zero-order valence-electron chi connectivity index (χ0n) is 11.2. The van der Waals surface area contributed by atoms with E-state index in [1.165, 1.54) is 0 Å².